The van der Waals surface area contributed by atoms with Gasteiger partial charge >= 0.3 is 0 Å². The minimum Gasteiger partial charge on any atom is -0.326 e. The van der Waals surface area contributed by atoms with Crippen LogP contribution in [0.5, 0.6) is 0 Å². The lowest BCUT2D eigenvalue weighted by Crippen LogP contribution is -2.57. The molecule has 2 unspecified atom stereocenters. The molecule has 1 saturated heterocycles. The number of hydrogen-bond acceptors (Lipinski definition) is 2. The van der Waals surface area contributed by atoms with Crippen molar-refractivity contribution in [2.45, 2.75) is 65.0 Å². The Morgan fingerprint density at radius 3 is 2.40 bits per heavy atom. The van der Waals surface area contributed by atoms with Crippen molar-refractivity contribution >= 4 is 0 Å². The minimum absolute atomic E-state index is 0.134. The van der Waals surface area contributed by atoms with Crippen molar-refractivity contribution in [2.24, 2.45) is 5.73 Å². The maximum Gasteiger partial charge on any atom is 0.0332 e. The number of benzene rings is 1. The Bertz CT molecular complexity index is 449. The average Bonchev–Trinajstić information content (AvgIpc) is 2.96. The smallest absolute Gasteiger partial charge is 0.0332 e. The van der Waals surface area contributed by atoms with Gasteiger partial charge in [-0.3, -0.25) is 4.90 Å². The second-order valence-electron chi connectivity index (χ2n) is 6.63. The molecule has 0 amide bonds. The average molecular weight is 274 g/mol. The summed E-state index contributed by atoms with van der Waals surface area (Å²) in [6.07, 6.45) is 4.75. The Balaban J connectivity index is 2.12. The molecule has 0 aromatic heterocycles. The van der Waals surface area contributed by atoms with E-state index >= 15 is 0 Å². The lowest BCUT2D eigenvalue weighted by atomic mass is 9.84. The van der Waals surface area contributed by atoms with Crippen molar-refractivity contribution in [3.05, 3.63) is 34.9 Å². The van der Waals surface area contributed by atoms with Gasteiger partial charge in [-0.1, -0.05) is 25.1 Å². The van der Waals surface area contributed by atoms with Gasteiger partial charge in [-0.15, -0.1) is 0 Å². The van der Waals surface area contributed by atoms with Crippen molar-refractivity contribution in [3.8, 4) is 0 Å². The van der Waals surface area contributed by atoms with Crippen LogP contribution in [0.15, 0.2) is 18.2 Å². The quantitative estimate of drug-likeness (QED) is 0.891. The third kappa shape index (κ3) is 3.07. The summed E-state index contributed by atoms with van der Waals surface area (Å²) in [5.41, 5.74) is 10.9. The number of nitrogens with zero attached hydrogens (tertiary/aromatic N) is 1. The fourth-order valence-electron chi connectivity index (χ4n) is 3.35. The predicted octanol–water partition coefficient (Wildman–Crippen LogP) is 3.44. The molecule has 2 atom stereocenters. The van der Waals surface area contributed by atoms with Crippen molar-refractivity contribution < 1.29 is 0 Å². The lowest BCUT2D eigenvalue weighted by Gasteiger charge is -2.43. The molecule has 1 heterocycles. The van der Waals surface area contributed by atoms with Gasteiger partial charge in [-0.2, -0.15) is 0 Å². The second-order valence-corrected chi connectivity index (χ2v) is 6.63. The molecule has 2 heteroatoms. The molecule has 2 nitrogen and oxygen atoms in total. The summed E-state index contributed by atoms with van der Waals surface area (Å²) in [5, 5.41) is 0. The van der Waals surface area contributed by atoms with Crippen molar-refractivity contribution in [1.82, 2.24) is 4.90 Å². The van der Waals surface area contributed by atoms with Gasteiger partial charge in [-0.25, -0.2) is 0 Å². The van der Waals surface area contributed by atoms with Crippen molar-refractivity contribution in [1.29, 1.82) is 0 Å². The Labute approximate surface area is 124 Å². The van der Waals surface area contributed by atoms with E-state index in [1.54, 1.807) is 0 Å². The number of hydrogen-bond donors (Lipinski definition) is 1. The highest BCUT2D eigenvalue weighted by Gasteiger charge is 2.37. The monoisotopic (exact) mass is 274 g/mol. The summed E-state index contributed by atoms with van der Waals surface area (Å²) in [7, 11) is 0. The molecule has 0 spiro atoms. The summed E-state index contributed by atoms with van der Waals surface area (Å²) < 4.78 is 0. The van der Waals surface area contributed by atoms with Crippen LogP contribution in [-0.4, -0.2) is 29.6 Å². The Hall–Kier alpha value is -0.860. The zero-order valence-electron chi connectivity index (χ0n) is 13.6. The number of likely N-dealkylation sites (tertiary alicyclic amines) is 1. The van der Waals surface area contributed by atoms with Crippen LogP contribution < -0.4 is 5.73 Å². The molecular weight excluding hydrogens is 244 g/mol. The maximum atomic E-state index is 6.62. The van der Waals surface area contributed by atoms with E-state index in [0.717, 1.165) is 12.8 Å². The highest BCUT2D eigenvalue weighted by Crippen LogP contribution is 2.28. The van der Waals surface area contributed by atoms with Crippen molar-refractivity contribution in [3.63, 3.8) is 0 Å². The summed E-state index contributed by atoms with van der Waals surface area (Å²) in [5.74, 6) is 0. The van der Waals surface area contributed by atoms with E-state index in [1.807, 2.05) is 0 Å². The summed E-state index contributed by atoms with van der Waals surface area (Å²) in [6.45, 7) is 11.4. The zero-order chi connectivity index (χ0) is 14.8. The third-order valence-corrected chi connectivity index (χ3v) is 5.37. The first kappa shape index (κ1) is 15.5. The number of nitrogens with two attached hydrogens (primary N) is 1. The topological polar surface area (TPSA) is 29.3 Å². The molecule has 0 aliphatic carbocycles. The molecule has 2 rings (SSSR count). The third-order valence-electron chi connectivity index (χ3n) is 5.37. The molecule has 1 aliphatic heterocycles. The van der Waals surface area contributed by atoms with Gasteiger partial charge in [0.05, 0.1) is 0 Å². The SMILES string of the molecule is CCC(C)(C(N)Cc1ccc(C)c(C)c1)N1CCCC1. The van der Waals surface area contributed by atoms with E-state index in [0.29, 0.717) is 0 Å². The van der Waals surface area contributed by atoms with Crippen LogP contribution in [0.3, 0.4) is 0 Å². The van der Waals surface area contributed by atoms with Gasteiger partial charge < -0.3 is 5.73 Å². The summed E-state index contributed by atoms with van der Waals surface area (Å²) in [4.78, 5) is 2.61. The molecule has 0 saturated carbocycles. The van der Waals surface area contributed by atoms with E-state index in [2.05, 4.69) is 50.8 Å². The van der Waals surface area contributed by atoms with Gasteiger partial charge in [-0.05, 0) is 76.2 Å². The van der Waals surface area contributed by atoms with E-state index < -0.39 is 0 Å². The Morgan fingerprint density at radius 2 is 1.85 bits per heavy atom. The van der Waals surface area contributed by atoms with Crippen LogP contribution in [0.1, 0.15) is 49.8 Å². The van der Waals surface area contributed by atoms with E-state index in [4.69, 9.17) is 5.73 Å². The first-order valence-corrected chi connectivity index (χ1v) is 8.04. The summed E-state index contributed by atoms with van der Waals surface area (Å²) in [6, 6.07) is 6.96. The molecule has 0 radical (unpaired) electrons. The summed E-state index contributed by atoms with van der Waals surface area (Å²) >= 11 is 0. The highest BCUT2D eigenvalue weighted by atomic mass is 15.2. The molecule has 1 fully saturated rings. The molecular formula is C18H30N2. The van der Waals surface area contributed by atoms with Gasteiger partial charge in [0.25, 0.3) is 0 Å². The number of aryl methyl sites for hydroxylation is 2. The van der Waals surface area contributed by atoms with E-state index in [9.17, 15) is 0 Å². The zero-order valence-corrected chi connectivity index (χ0v) is 13.6. The second kappa shape index (κ2) is 6.28. The van der Waals surface area contributed by atoms with Gasteiger partial charge in [0, 0.05) is 11.6 Å². The molecule has 20 heavy (non-hydrogen) atoms. The fourth-order valence-corrected chi connectivity index (χ4v) is 3.35. The highest BCUT2D eigenvalue weighted by molar-refractivity contribution is 5.30. The molecule has 2 N–H and O–H groups in total. The van der Waals surface area contributed by atoms with Crippen LogP contribution in [0.4, 0.5) is 0 Å². The molecule has 1 aromatic carbocycles. The van der Waals surface area contributed by atoms with Gasteiger partial charge in [0.15, 0.2) is 0 Å². The molecule has 1 aromatic rings. The van der Waals surface area contributed by atoms with Gasteiger partial charge in [0.2, 0.25) is 0 Å². The first-order chi connectivity index (χ1) is 9.47. The minimum atomic E-state index is 0.134. The van der Waals surface area contributed by atoms with Crippen LogP contribution in [0.25, 0.3) is 0 Å². The normalized spacial score (nSPS) is 20.9. The fraction of sp³-hybridized carbons (Fsp3) is 0.667. The predicted molar refractivity (Wildman–Crippen MR) is 87.1 cm³/mol. The standard InChI is InChI=1S/C18H30N2/c1-5-18(4,20-10-6-7-11-20)17(19)13-16-9-8-14(2)15(3)12-16/h8-9,12,17H,5-7,10-11,13,19H2,1-4H3. The Kier molecular flexibility index (Phi) is 4.87. The van der Waals surface area contributed by atoms with Crippen LogP contribution in [-0.2, 0) is 6.42 Å². The largest absolute Gasteiger partial charge is 0.326 e. The van der Waals surface area contributed by atoms with Crippen LogP contribution >= 0.6 is 0 Å². The first-order valence-electron chi connectivity index (χ1n) is 8.04. The van der Waals surface area contributed by atoms with Crippen LogP contribution in [0, 0.1) is 13.8 Å². The van der Waals surface area contributed by atoms with Gasteiger partial charge in [0.1, 0.15) is 0 Å². The molecule has 112 valence electrons. The molecule has 0 bridgehead atoms. The number of rotatable bonds is 5. The lowest BCUT2D eigenvalue weighted by molar-refractivity contribution is 0.0999. The van der Waals surface area contributed by atoms with Crippen LogP contribution in [0.2, 0.25) is 0 Å². The van der Waals surface area contributed by atoms with E-state index in [-0.39, 0.29) is 11.6 Å². The maximum absolute atomic E-state index is 6.62. The van der Waals surface area contributed by atoms with E-state index in [1.165, 1.54) is 42.6 Å². The molecule has 1 aliphatic rings. The Morgan fingerprint density at radius 1 is 1.20 bits per heavy atom. The van der Waals surface area contributed by atoms with Crippen molar-refractivity contribution in [2.75, 3.05) is 13.1 Å².